The maximum atomic E-state index is 14.2. The van der Waals surface area contributed by atoms with E-state index in [-0.39, 0.29) is 24.6 Å². The van der Waals surface area contributed by atoms with Gasteiger partial charge < -0.3 is 15.0 Å². The summed E-state index contributed by atoms with van der Waals surface area (Å²) in [7, 11) is -2.44. The number of para-hydroxylation sites is 2. The van der Waals surface area contributed by atoms with Gasteiger partial charge in [-0.3, -0.25) is 13.9 Å². The van der Waals surface area contributed by atoms with Crippen molar-refractivity contribution in [2.75, 3.05) is 24.2 Å². The molecule has 0 aliphatic carbocycles. The van der Waals surface area contributed by atoms with Crippen molar-refractivity contribution in [3.05, 3.63) is 95.6 Å². The zero-order valence-electron chi connectivity index (χ0n) is 24.0. The zero-order chi connectivity index (χ0) is 29.5. The number of hydrogen-bond acceptors (Lipinski definition) is 5. The van der Waals surface area contributed by atoms with Gasteiger partial charge in [-0.1, -0.05) is 72.3 Å². The SMILES string of the molecule is COc1ccccc1N(CC(=O)N(Cc1cccc(C)c1)[C@H](Cc1ccccc1)C(=O)NC(C)(C)C)S(C)(=O)=O. The van der Waals surface area contributed by atoms with Gasteiger partial charge in [-0.05, 0) is 51.0 Å². The first-order valence-electron chi connectivity index (χ1n) is 13.1. The third-order valence-corrected chi connectivity index (χ3v) is 7.36. The topological polar surface area (TPSA) is 96.0 Å². The average Bonchev–Trinajstić information content (AvgIpc) is 2.88. The number of anilines is 1. The van der Waals surface area contributed by atoms with Crippen molar-refractivity contribution in [2.45, 2.75) is 52.2 Å². The number of ether oxygens (including phenoxy) is 1. The van der Waals surface area contributed by atoms with Crippen LogP contribution in [-0.2, 0) is 32.6 Å². The summed E-state index contributed by atoms with van der Waals surface area (Å²) in [6, 6.07) is 22.9. The Balaban J connectivity index is 2.10. The first-order valence-corrected chi connectivity index (χ1v) is 14.9. The lowest BCUT2D eigenvalue weighted by atomic mass is 10.0. The van der Waals surface area contributed by atoms with Crippen LogP contribution < -0.4 is 14.4 Å². The van der Waals surface area contributed by atoms with Crippen LogP contribution in [0.4, 0.5) is 5.69 Å². The summed E-state index contributed by atoms with van der Waals surface area (Å²) in [6.45, 7) is 7.22. The largest absolute Gasteiger partial charge is 0.495 e. The first-order chi connectivity index (χ1) is 18.8. The molecule has 0 saturated heterocycles. The van der Waals surface area contributed by atoms with E-state index in [1.54, 1.807) is 24.3 Å². The van der Waals surface area contributed by atoms with E-state index in [4.69, 9.17) is 4.74 Å². The van der Waals surface area contributed by atoms with Crippen LogP contribution in [-0.4, -0.2) is 56.6 Å². The van der Waals surface area contributed by atoms with Crippen LogP contribution in [0, 0.1) is 6.92 Å². The van der Waals surface area contributed by atoms with Gasteiger partial charge in [0.2, 0.25) is 21.8 Å². The van der Waals surface area contributed by atoms with E-state index < -0.39 is 34.1 Å². The highest BCUT2D eigenvalue weighted by molar-refractivity contribution is 7.92. The number of nitrogens with zero attached hydrogens (tertiary/aromatic N) is 2. The van der Waals surface area contributed by atoms with Crippen molar-refractivity contribution in [2.24, 2.45) is 0 Å². The second-order valence-electron chi connectivity index (χ2n) is 10.9. The van der Waals surface area contributed by atoms with Crippen LogP contribution in [0.5, 0.6) is 5.75 Å². The minimum atomic E-state index is -3.89. The molecule has 9 heteroatoms. The van der Waals surface area contributed by atoms with E-state index in [0.29, 0.717) is 5.75 Å². The van der Waals surface area contributed by atoms with E-state index >= 15 is 0 Å². The lowest BCUT2D eigenvalue weighted by molar-refractivity contribution is -0.140. The minimum absolute atomic E-state index is 0.124. The van der Waals surface area contributed by atoms with Gasteiger partial charge in [-0.15, -0.1) is 0 Å². The molecule has 0 radical (unpaired) electrons. The number of aryl methyl sites for hydroxylation is 1. The van der Waals surface area contributed by atoms with Crippen LogP contribution >= 0.6 is 0 Å². The number of rotatable bonds is 11. The van der Waals surface area contributed by atoms with E-state index in [1.807, 2.05) is 82.3 Å². The van der Waals surface area contributed by atoms with Crippen LogP contribution in [0.15, 0.2) is 78.9 Å². The molecule has 1 atom stereocenters. The smallest absolute Gasteiger partial charge is 0.244 e. The minimum Gasteiger partial charge on any atom is -0.495 e. The van der Waals surface area contributed by atoms with Gasteiger partial charge in [-0.2, -0.15) is 0 Å². The van der Waals surface area contributed by atoms with Gasteiger partial charge in [-0.25, -0.2) is 8.42 Å². The molecule has 0 spiro atoms. The van der Waals surface area contributed by atoms with E-state index in [1.165, 1.54) is 12.0 Å². The number of amides is 2. The van der Waals surface area contributed by atoms with Gasteiger partial charge in [0.05, 0.1) is 19.1 Å². The molecule has 0 aromatic heterocycles. The van der Waals surface area contributed by atoms with E-state index in [2.05, 4.69) is 5.32 Å². The summed E-state index contributed by atoms with van der Waals surface area (Å²) >= 11 is 0. The predicted octanol–water partition coefficient (Wildman–Crippen LogP) is 4.32. The fourth-order valence-electron chi connectivity index (χ4n) is 4.44. The van der Waals surface area contributed by atoms with Crippen LogP contribution in [0.2, 0.25) is 0 Å². The number of methoxy groups -OCH3 is 1. The second-order valence-corrected chi connectivity index (χ2v) is 12.8. The molecule has 0 aliphatic heterocycles. The van der Waals surface area contributed by atoms with Gasteiger partial charge >= 0.3 is 0 Å². The maximum Gasteiger partial charge on any atom is 0.244 e. The molecule has 3 aromatic rings. The van der Waals surface area contributed by atoms with Crippen molar-refractivity contribution in [1.82, 2.24) is 10.2 Å². The molecular weight excluding hydrogens is 526 g/mol. The molecule has 0 fully saturated rings. The van der Waals surface area contributed by atoms with Crippen LogP contribution in [0.3, 0.4) is 0 Å². The number of carbonyl (C=O) groups excluding carboxylic acids is 2. The number of carbonyl (C=O) groups is 2. The third kappa shape index (κ3) is 8.58. The van der Waals surface area contributed by atoms with E-state index in [9.17, 15) is 18.0 Å². The Labute approximate surface area is 238 Å². The fourth-order valence-corrected chi connectivity index (χ4v) is 5.30. The zero-order valence-corrected chi connectivity index (χ0v) is 24.9. The third-order valence-electron chi connectivity index (χ3n) is 6.24. The molecule has 8 nitrogen and oxygen atoms in total. The predicted molar refractivity (Wildman–Crippen MR) is 159 cm³/mol. The second kappa shape index (κ2) is 13.0. The molecular formula is C31H39N3O5S. The van der Waals surface area contributed by atoms with Gasteiger partial charge in [0.1, 0.15) is 18.3 Å². The molecule has 3 rings (SSSR count). The molecule has 1 N–H and O–H groups in total. The number of nitrogens with one attached hydrogen (secondary N) is 1. The van der Waals surface area contributed by atoms with Crippen molar-refractivity contribution in [1.29, 1.82) is 0 Å². The Morgan fingerprint density at radius 1 is 0.925 bits per heavy atom. The average molecular weight is 566 g/mol. The summed E-state index contributed by atoms with van der Waals surface area (Å²) in [5.74, 6) is -0.513. The Bertz CT molecular complexity index is 1420. The molecule has 0 aliphatic rings. The van der Waals surface area contributed by atoms with Crippen molar-refractivity contribution in [3.8, 4) is 5.75 Å². The summed E-state index contributed by atoms with van der Waals surface area (Å²) in [6.07, 6.45) is 1.30. The molecule has 0 unspecified atom stereocenters. The quantitative estimate of drug-likeness (QED) is 0.374. The van der Waals surface area contributed by atoms with E-state index in [0.717, 1.165) is 27.3 Å². The highest BCUT2D eigenvalue weighted by Gasteiger charge is 2.34. The van der Waals surface area contributed by atoms with Crippen molar-refractivity contribution >= 4 is 27.5 Å². The lowest BCUT2D eigenvalue weighted by Gasteiger charge is -2.35. The molecule has 0 saturated carbocycles. The van der Waals surface area contributed by atoms with Crippen LogP contribution in [0.1, 0.15) is 37.5 Å². The molecule has 3 aromatic carbocycles. The first kappa shape index (κ1) is 30.7. The normalized spacial score (nSPS) is 12.3. The highest BCUT2D eigenvalue weighted by atomic mass is 32.2. The van der Waals surface area contributed by atoms with Gasteiger partial charge in [0, 0.05) is 18.5 Å². The van der Waals surface area contributed by atoms with Crippen LogP contribution in [0.25, 0.3) is 0 Å². The monoisotopic (exact) mass is 565 g/mol. The summed E-state index contributed by atoms with van der Waals surface area (Å²) in [5.41, 5.74) is 2.42. The maximum absolute atomic E-state index is 14.2. The van der Waals surface area contributed by atoms with Gasteiger partial charge in [0.15, 0.2) is 0 Å². The molecule has 0 bridgehead atoms. The van der Waals surface area contributed by atoms with Gasteiger partial charge in [0.25, 0.3) is 0 Å². The molecule has 214 valence electrons. The Morgan fingerprint density at radius 2 is 1.55 bits per heavy atom. The molecule has 40 heavy (non-hydrogen) atoms. The summed E-state index contributed by atoms with van der Waals surface area (Å²) in [4.78, 5) is 29.4. The summed E-state index contributed by atoms with van der Waals surface area (Å²) in [5, 5.41) is 3.02. The Hall–Kier alpha value is -3.85. The number of hydrogen-bond donors (Lipinski definition) is 1. The lowest BCUT2D eigenvalue weighted by Crippen LogP contribution is -2.56. The standard InChI is InChI=1S/C31H39N3O5S/c1-23-13-12-16-25(19-23)21-33(27(30(36)32-31(2,3)4)20-24-14-8-7-9-15-24)29(35)22-34(40(6,37)38)26-17-10-11-18-28(26)39-5/h7-19,27H,20-22H2,1-6H3,(H,32,36)/t27-/m1/s1. The van der Waals surface area contributed by atoms with Crippen molar-refractivity contribution < 1.29 is 22.7 Å². The summed E-state index contributed by atoms with van der Waals surface area (Å²) < 4.78 is 32.4. The Kier molecular flexibility index (Phi) is 9.98. The fraction of sp³-hybridized carbons (Fsp3) is 0.355. The molecule has 0 heterocycles. The molecule has 2 amide bonds. The highest BCUT2D eigenvalue weighted by Crippen LogP contribution is 2.30. The number of benzene rings is 3. The number of sulfonamides is 1. The van der Waals surface area contributed by atoms with Crippen molar-refractivity contribution in [3.63, 3.8) is 0 Å². The Morgan fingerprint density at radius 3 is 2.15 bits per heavy atom.